The van der Waals surface area contributed by atoms with E-state index in [9.17, 15) is 14.4 Å². The van der Waals surface area contributed by atoms with Crippen LogP contribution in [0.1, 0.15) is 13.3 Å². The van der Waals surface area contributed by atoms with E-state index in [-0.39, 0.29) is 18.4 Å². The zero-order valence-electron chi connectivity index (χ0n) is 8.45. The van der Waals surface area contributed by atoms with Crippen molar-refractivity contribution in [1.29, 1.82) is 0 Å². The molecule has 0 aromatic carbocycles. The molecule has 84 valence electrons. The lowest BCUT2D eigenvalue weighted by molar-refractivity contribution is -0.140. The van der Waals surface area contributed by atoms with Crippen molar-refractivity contribution >= 4 is 17.8 Å². The Hall–Kier alpha value is -1.59. The van der Waals surface area contributed by atoms with Crippen LogP contribution in [0.2, 0.25) is 0 Å². The van der Waals surface area contributed by atoms with Gasteiger partial charge in [0.05, 0.1) is 18.4 Å². The van der Waals surface area contributed by atoms with Crippen LogP contribution in [0.25, 0.3) is 0 Å². The zero-order valence-corrected chi connectivity index (χ0v) is 8.45. The monoisotopic (exact) mass is 214 g/mol. The number of carboxylic acid groups (broad SMARTS) is 1. The molecule has 1 fully saturated rings. The van der Waals surface area contributed by atoms with Crippen molar-refractivity contribution in [3.8, 4) is 0 Å². The van der Waals surface area contributed by atoms with E-state index < -0.39 is 17.8 Å². The van der Waals surface area contributed by atoms with Crippen LogP contribution in [0.4, 0.5) is 0 Å². The highest BCUT2D eigenvalue weighted by atomic mass is 16.4. The number of carboxylic acids is 1. The van der Waals surface area contributed by atoms with Crippen molar-refractivity contribution in [2.24, 2.45) is 11.8 Å². The SMILES string of the molecule is CCNC(=O)CNC(=O)C1CC1C(=O)O. The lowest BCUT2D eigenvalue weighted by Crippen LogP contribution is -2.37. The summed E-state index contributed by atoms with van der Waals surface area (Å²) in [6.07, 6.45) is 0.372. The molecular weight excluding hydrogens is 200 g/mol. The maximum Gasteiger partial charge on any atom is 0.307 e. The summed E-state index contributed by atoms with van der Waals surface area (Å²) in [5, 5.41) is 13.5. The maximum absolute atomic E-state index is 11.3. The Balaban J connectivity index is 2.21. The predicted molar refractivity (Wildman–Crippen MR) is 50.9 cm³/mol. The van der Waals surface area contributed by atoms with E-state index in [1.807, 2.05) is 0 Å². The zero-order chi connectivity index (χ0) is 11.4. The Morgan fingerprint density at radius 2 is 1.93 bits per heavy atom. The molecule has 1 saturated carbocycles. The Morgan fingerprint density at radius 1 is 1.27 bits per heavy atom. The highest BCUT2D eigenvalue weighted by Crippen LogP contribution is 2.38. The third-order valence-corrected chi connectivity index (χ3v) is 2.24. The maximum atomic E-state index is 11.3. The second-order valence-corrected chi connectivity index (χ2v) is 3.46. The molecule has 1 rings (SSSR count). The molecule has 2 unspecified atom stereocenters. The van der Waals surface area contributed by atoms with Crippen LogP contribution < -0.4 is 10.6 Å². The smallest absolute Gasteiger partial charge is 0.307 e. The predicted octanol–water partition coefficient (Wildman–Crippen LogP) is -1.04. The van der Waals surface area contributed by atoms with Gasteiger partial charge in [0.1, 0.15) is 0 Å². The van der Waals surface area contributed by atoms with E-state index in [0.29, 0.717) is 13.0 Å². The molecule has 0 aromatic rings. The normalized spacial score (nSPS) is 23.0. The Kier molecular flexibility index (Phi) is 3.65. The molecule has 0 saturated heterocycles. The fourth-order valence-electron chi connectivity index (χ4n) is 1.32. The average Bonchev–Trinajstić information content (AvgIpc) is 2.94. The molecule has 2 atom stereocenters. The Bertz CT molecular complexity index is 290. The molecule has 0 bridgehead atoms. The molecule has 0 radical (unpaired) electrons. The van der Waals surface area contributed by atoms with Gasteiger partial charge in [-0.15, -0.1) is 0 Å². The number of rotatable bonds is 5. The van der Waals surface area contributed by atoms with E-state index >= 15 is 0 Å². The number of nitrogens with one attached hydrogen (secondary N) is 2. The molecule has 0 spiro atoms. The van der Waals surface area contributed by atoms with Gasteiger partial charge in [0, 0.05) is 6.54 Å². The number of hydrogen-bond acceptors (Lipinski definition) is 3. The van der Waals surface area contributed by atoms with Gasteiger partial charge in [-0.25, -0.2) is 0 Å². The molecule has 0 heterocycles. The summed E-state index contributed by atoms with van der Waals surface area (Å²) in [7, 11) is 0. The van der Waals surface area contributed by atoms with Crippen molar-refractivity contribution < 1.29 is 19.5 Å². The summed E-state index contributed by atoms with van der Waals surface area (Å²) in [5.74, 6) is -2.60. The van der Waals surface area contributed by atoms with Crippen molar-refractivity contribution in [2.75, 3.05) is 13.1 Å². The largest absolute Gasteiger partial charge is 0.481 e. The van der Waals surface area contributed by atoms with Crippen molar-refractivity contribution in [3.63, 3.8) is 0 Å². The summed E-state index contributed by atoms with van der Waals surface area (Å²) in [6, 6.07) is 0. The lowest BCUT2D eigenvalue weighted by atomic mass is 10.3. The molecule has 0 aliphatic heterocycles. The number of amides is 2. The molecule has 1 aliphatic carbocycles. The molecule has 6 heteroatoms. The van der Waals surface area contributed by atoms with Crippen LogP contribution in [-0.4, -0.2) is 36.0 Å². The van der Waals surface area contributed by atoms with Gasteiger partial charge in [0.2, 0.25) is 11.8 Å². The quantitative estimate of drug-likeness (QED) is 0.544. The number of carbonyl (C=O) groups is 3. The van der Waals surface area contributed by atoms with Crippen molar-refractivity contribution in [1.82, 2.24) is 10.6 Å². The molecule has 0 aromatic heterocycles. The lowest BCUT2D eigenvalue weighted by Gasteiger charge is -2.03. The highest BCUT2D eigenvalue weighted by Gasteiger charge is 2.48. The van der Waals surface area contributed by atoms with E-state index in [1.54, 1.807) is 6.92 Å². The minimum Gasteiger partial charge on any atom is -0.481 e. The summed E-state index contributed by atoms with van der Waals surface area (Å²) in [5.41, 5.74) is 0. The summed E-state index contributed by atoms with van der Waals surface area (Å²) in [4.78, 5) is 32.7. The average molecular weight is 214 g/mol. The third kappa shape index (κ3) is 3.23. The van der Waals surface area contributed by atoms with Gasteiger partial charge in [0.15, 0.2) is 0 Å². The molecule has 3 N–H and O–H groups in total. The topological polar surface area (TPSA) is 95.5 Å². The third-order valence-electron chi connectivity index (χ3n) is 2.24. The number of aliphatic carboxylic acids is 1. The van der Waals surface area contributed by atoms with Gasteiger partial charge in [-0.3, -0.25) is 14.4 Å². The summed E-state index contributed by atoms with van der Waals surface area (Å²) >= 11 is 0. The van der Waals surface area contributed by atoms with E-state index in [1.165, 1.54) is 0 Å². The van der Waals surface area contributed by atoms with Crippen LogP contribution >= 0.6 is 0 Å². The van der Waals surface area contributed by atoms with Crippen LogP contribution in [0.15, 0.2) is 0 Å². The van der Waals surface area contributed by atoms with Crippen LogP contribution in [0.3, 0.4) is 0 Å². The van der Waals surface area contributed by atoms with Gasteiger partial charge < -0.3 is 15.7 Å². The van der Waals surface area contributed by atoms with E-state index in [4.69, 9.17) is 5.11 Å². The van der Waals surface area contributed by atoms with Crippen molar-refractivity contribution in [3.05, 3.63) is 0 Å². The number of likely N-dealkylation sites (N-methyl/N-ethyl adjacent to an activating group) is 1. The minimum absolute atomic E-state index is 0.0878. The number of hydrogen-bond donors (Lipinski definition) is 3. The second-order valence-electron chi connectivity index (χ2n) is 3.46. The molecule has 2 amide bonds. The summed E-state index contributed by atoms with van der Waals surface area (Å²) in [6.45, 7) is 2.20. The Morgan fingerprint density at radius 3 is 2.40 bits per heavy atom. The molecule has 6 nitrogen and oxygen atoms in total. The van der Waals surface area contributed by atoms with Gasteiger partial charge in [0.25, 0.3) is 0 Å². The molecular formula is C9H14N2O4. The first-order valence-corrected chi connectivity index (χ1v) is 4.83. The van der Waals surface area contributed by atoms with Gasteiger partial charge >= 0.3 is 5.97 Å². The van der Waals surface area contributed by atoms with Crippen LogP contribution in [0.5, 0.6) is 0 Å². The summed E-state index contributed by atoms with van der Waals surface area (Å²) < 4.78 is 0. The van der Waals surface area contributed by atoms with Gasteiger partial charge in [-0.05, 0) is 13.3 Å². The highest BCUT2D eigenvalue weighted by molar-refractivity contribution is 5.91. The fraction of sp³-hybridized carbons (Fsp3) is 0.667. The van der Waals surface area contributed by atoms with Gasteiger partial charge in [-0.1, -0.05) is 0 Å². The molecule has 15 heavy (non-hydrogen) atoms. The Labute approximate surface area is 87.0 Å². The number of carbonyl (C=O) groups excluding carboxylic acids is 2. The minimum atomic E-state index is -0.951. The van der Waals surface area contributed by atoms with E-state index in [2.05, 4.69) is 10.6 Å². The van der Waals surface area contributed by atoms with E-state index in [0.717, 1.165) is 0 Å². The van der Waals surface area contributed by atoms with Gasteiger partial charge in [-0.2, -0.15) is 0 Å². The first-order valence-electron chi connectivity index (χ1n) is 4.83. The second kappa shape index (κ2) is 4.77. The first kappa shape index (κ1) is 11.5. The van der Waals surface area contributed by atoms with Crippen LogP contribution in [-0.2, 0) is 14.4 Å². The fourth-order valence-corrected chi connectivity index (χ4v) is 1.32. The van der Waals surface area contributed by atoms with Crippen LogP contribution in [0, 0.1) is 11.8 Å². The van der Waals surface area contributed by atoms with Crippen molar-refractivity contribution in [2.45, 2.75) is 13.3 Å². The molecule has 1 aliphatic rings. The first-order chi connectivity index (χ1) is 7.06. The standard InChI is InChI=1S/C9H14N2O4/c1-2-10-7(12)4-11-8(13)5-3-6(5)9(14)15/h5-6H,2-4H2,1H3,(H,10,12)(H,11,13)(H,14,15).